The normalized spacial score (nSPS) is 19.4. The number of hydrogen-bond donors (Lipinski definition) is 0. The Bertz CT molecular complexity index is 494. The maximum absolute atomic E-state index is 12.2. The summed E-state index contributed by atoms with van der Waals surface area (Å²) in [4.78, 5) is 25.6. The molecule has 1 aliphatic heterocycles. The SMILES string of the molecule is O=C(N1CCCC1)n1oc(=O)c2c1CCCC2. The van der Waals surface area contributed by atoms with E-state index >= 15 is 0 Å². The van der Waals surface area contributed by atoms with Gasteiger partial charge in [-0.3, -0.25) is 0 Å². The molecule has 0 atom stereocenters. The number of amides is 1. The third-order valence-corrected chi connectivity index (χ3v) is 3.65. The highest BCUT2D eigenvalue weighted by atomic mass is 16.5. The molecule has 17 heavy (non-hydrogen) atoms. The third kappa shape index (κ3) is 1.69. The molecule has 2 heterocycles. The van der Waals surface area contributed by atoms with Gasteiger partial charge in [-0.05, 0) is 38.5 Å². The Hall–Kier alpha value is -1.52. The molecule has 1 fully saturated rings. The van der Waals surface area contributed by atoms with Gasteiger partial charge in [0.05, 0.1) is 11.3 Å². The fraction of sp³-hybridized carbons (Fsp3) is 0.667. The van der Waals surface area contributed by atoms with E-state index in [4.69, 9.17) is 4.52 Å². The fourth-order valence-electron chi connectivity index (χ4n) is 2.72. The Balaban J connectivity index is 1.97. The second-order valence-corrected chi connectivity index (χ2v) is 4.78. The van der Waals surface area contributed by atoms with E-state index in [9.17, 15) is 9.59 Å². The molecule has 1 aromatic heterocycles. The zero-order valence-electron chi connectivity index (χ0n) is 9.78. The van der Waals surface area contributed by atoms with Crippen LogP contribution in [0.4, 0.5) is 4.79 Å². The zero-order valence-corrected chi connectivity index (χ0v) is 9.78. The van der Waals surface area contributed by atoms with Gasteiger partial charge in [0.2, 0.25) is 0 Å². The predicted molar refractivity (Wildman–Crippen MR) is 61.2 cm³/mol. The molecule has 5 heteroatoms. The Labute approximate surface area is 99.0 Å². The van der Waals surface area contributed by atoms with Gasteiger partial charge in [-0.2, -0.15) is 0 Å². The van der Waals surface area contributed by atoms with Crippen LogP contribution < -0.4 is 5.63 Å². The monoisotopic (exact) mass is 236 g/mol. The first-order valence-corrected chi connectivity index (χ1v) is 6.31. The van der Waals surface area contributed by atoms with E-state index in [1.807, 2.05) is 0 Å². The molecule has 0 aromatic carbocycles. The molecule has 1 aromatic rings. The van der Waals surface area contributed by atoms with Gasteiger partial charge in [-0.15, -0.1) is 4.74 Å². The molecular formula is C12H16N2O3. The number of fused-ring (bicyclic) bond motifs is 1. The average Bonchev–Trinajstić information content (AvgIpc) is 2.97. The molecule has 92 valence electrons. The van der Waals surface area contributed by atoms with Crippen LogP contribution in [-0.4, -0.2) is 28.8 Å². The standard InChI is InChI=1S/C12H16N2O3/c15-11-9-5-1-2-6-10(9)14(17-11)12(16)13-7-3-4-8-13/h1-8H2. The lowest BCUT2D eigenvalue weighted by Gasteiger charge is -2.17. The van der Waals surface area contributed by atoms with Crippen molar-refractivity contribution in [2.24, 2.45) is 0 Å². The number of likely N-dealkylation sites (tertiary alicyclic amines) is 1. The highest BCUT2D eigenvalue weighted by Crippen LogP contribution is 2.20. The molecule has 0 radical (unpaired) electrons. The van der Waals surface area contributed by atoms with Gasteiger partial charge in [0, 0.05) is 13.1 Å². The summed E-state index contributed by atoms with van der Waals surface area (Å²) < 4.78 is 6.35. The summed E-state index contributed by atoms with van der Waals surface area (Å²) in [6.45, 7) is 1.55. The first kappa shape index (κ1) is 10.6. The molecule has 0 bridgehead atoms. The van der Waals surface area contributed by atoms with E-state index in [1.54, 1.807) is 4.90 Å². The molecule has 1 saturated heterocycles. The van der Waals surface area contributed by atoms with Crippen LogP contribution in [0.5, 0.6) is 0 Å². The van der Waals surface area contributed by atoms with Crippen molar-refractivity contribution in [2.45, 2.75) is 38.5 Å². The van der Waals surface area contributed by atoms with Gasteiger partial charge in [0.25, 0.3) is 0 Å². The molecule has 1 aliphatic carbocycles. The van der Waals surface area contributed by atoms with Gasteiger partial charge in [-0.1, -0.05) is 0 Å². The summed E-state index contributed by atoms with van der Waals surface area (Å²) in [5.74, 6) is 0. The number of carbonyl (C=O) groups is 1. The quantitative estimate of drug-likeness (QED) is 0.684. The number of rotatable bonds is 0. The van der Waals surface area contributed by atoms with Crippen molar-refractivity contribution < 1.29 is 9.32 Å². The minimum atomic E-state index is -0.327. The van der Waals surface area contributed by atoms with Gasteiger partial charge in [-0.25, -0.2) is 9.59 Å². The van der Waals surface area contributed by atoms with Crippen molar-refractivity contribution in [1.29, 1.82) is 0 Å². The Morgan fingerprint density at radius 2 is 1.76 bits per heavy atom. The second-order valence-electron chi connectivity index (χ2n) is 4.78. The van der Waals surface area contributed by atoms with Crippen molar-refractivity contribution in [1.82, 2.24) is 9.64 Å². The lowest BCUT2D eigenvalue weighted by Crippen LogP contribution is -2.33. The fourth-order valence-corrected chi connectivity index (χ4v) is 2.72. The zero-order chi connectivity index (χ0) is 11.8. The van der Waals surface area contributed by atoms with Gasteiger partial charge in [0.15, 0.2) is 0 Å². The van der Waals surface area contributed by atoms with Crippen LogP contribution in [-0.2, 0) is 12.8 Å². The van der Waals surface area contributed by atoms with E-state index in [0.717, 1.165) is 57.3 Å². The molecule has 1 amide bonds. The first-order valence-electron chi connectivity index (χ1n) is 6.31. The van der Waals surface area contributed by atoms with Crippen molar-refractivity contribution in [3.8, 4) is 0 Å². The maximum Gasteiger partial charge on any atom is 0.361 e. The van der Waals surface area contributed by atoms with E-state index < -0.39 is 0 Å². The largest absolute Gasteiger partial charge is 0.361 e. The van der Waals surface area contributed by atoms with E-state index in [2.05, 4.69) is 0 Å². The summed E-state index contributed by atoms with van der Waals surface area (Å²) >= 11 is 0. The highest BCUT2D eigenvalue weighted by Gasteiger charge is 2.27. The third-order valence-electron chi connectivity index (χ3n) is 3.65. The number of aromatic nitrogens is 1. The second kappa shape index (κ2) is 4.05. The van der Waals surface area contributed by atoms with E-state index in [-0.39, 0.29) is 11.7 Å². The number of carbonyl (C=O) groups excluding carboxylic acids is 1. The minimum absolute atomic E-state index is 0.164. The lowest BCUT2D eigenvalue weighted by atomic mass is 9.98. The van der Waals surface area contributed by atoms with Gasteiger partial charge < -0.3 is 9.42 Å². The van der Waals surface area contributed by atoms with Crippen molar-refractivity contribution >= 4 is 6.03 Å². The number of hydrogen-bond acceptors (Lipinski definition) is 3. The topological polar surface area (TPSA) is 55.5 Å². The average molecular weight is 236 g/mol. The molecule has 0 spiro atoms. The minimum Gasteiger partial charge on any atom is -0.327 e. The maximum atomic E-state index is 12.2. The van der Waals surface area contributed by atoms with Crippen molar-refractivity contribution in [3.63, 3.8) is 0 Å². The predicted octanol–water partition coefficient (Wildman–Crippen LogP) is 1.38. The van der Waals surface area contributed by atoms with Gasteiger partial charge >= 0.3 is 11.7 Å². The van der Waals surface area contributed by atoms with Crippen molar-refractivity contribution in [2.75, 3.05) is 13.1 Å². The van der Waals surface area contributed by atoms with Crippen molar-refractivity contribution in [3.05, 3.63) is 21.7 Å². The smallest absolute Gasteiger partial charge is 0.327 e. The van der Waals surface area contributed by atoms with Crippen LogP contribution in [0, 0.1) is 0 Å². The Morgan fingerprint density at radius 1 is 1.06 bits per heavy atom. The van der Waals surface area contributed by atoms with Crippen LogP contribution >= 0.6 is 0 Å². The van der Waals surface area contributed by atoms with Gasteiger partial charge in [0.1, 0.15) is 0 Å². The van der Waals surface area contributed by atoms with Crippen LogP contribution in [0.3, 0.4) is 0 Å². The Morgan fingerprint density at radius 3 is 2.53 bits per heavy atom. The molecule has 0 unspecified atom stereocenters. The lowest BCUT2D eigenvalue weighted by molar-refractivity contribution is 0.173. The molecule has 2 aliphatic rings. The summed E-state index contributed by atoms with van der Waals surface area (Å²) in [6, 6.07) is -0.164. The summed E-state index contributed by atoms with van der Waals surface area (Å²) in [7, 11) is 0. The summed E-state index contributed by atoms with van der Waals surface area (Å²) in [6.07, 6.45) is 5.65. The molecule has 5 nitrogen and oxygen atoms in total. The molecule has 3 rings (SSSR count). The summed E-state index contributed by atoms with van der Waals surface area (Å²) in [5.41, 5.74) is 1.19. The molecule has 0 N–H and O–H groups in total. The van der Waals surface area contributed by atoms with E-state index in [1.165, 1.54) is 4.74 Å². The Kier molecular flexibility index (Phi) is 2.53. The molecular weight excluding hydrogens is 220 g/mol. The van der Waals surface area contributed by atoms with E-state index in [0.29, 0.717) is 5.56 Å². The first-order chi connectivity index (χ1) is 8.27. The number of nitrogens with zero attached hydrogens (tertiary/aromatic N) is 2. The molecule has 0 saturated carbocycles. The van der Waals surface area contributed by atoms with Crippen LogP contribution in [0.25, 0.3) is 0 Å². The summed E-state index contributed by atoms with van der Waals surface area (Å²) in [5, 5.41) is 0. The van der Waals surface area contributed by atoms with Crippen LogP contribution in [0.1, 0.15) is 36.9 Å². The highest BCUT2D eigenvalue weighted by molar-refractivity contribution is 5.76. The van der Waals surface area contributed by atoms with Crippen LogP contribution in [0.15, 0.2) is 9.32 Å². The van der Waals surface area contributed by atoms with Crippen LogP contribution in [0.2, 0.25) is 0 Å².